The van der Waals surface area contributed by atoms with Crippen molar-refractivity contribution in [3.05, 3.63) is 34.8 Å². The normalized spacial score (nSPS) is 20.7. The molecule has 0 saturated carbocycles. The van der Waals surface area contributed by atoms with Crippen LogP contribution in [0.1, 0.15) is 16.1 Å². The molecular weight excluding hydrogens is 417 g/mol. The van der Waals surface area contributed by atoms with E-state index in [1.807, 2.05) is 42.5 Å². The molecule has 0 aliphatic carbocycles. The molecule has 28 heavy (non-hydrogen) atoms. The summed E-state index contributed by atoms with van der Waals surface area (Å²) in [5, 5.41) is 10.9. The van der Waals surface area contributed by atoms with Crippen LogP contribution in [0.3, 0.4) is 0 Å². The number of nitrogens with zero attached hydrogens (tertiary/aromatic N) is 4. The van der Waals surface area contributed by atoms with E-state index in [2.05, 4.69) is 10.4 Å². The SMILES string of the molecule is Cc1nn(C)c2nc(-c3cccs3)cc(C(=O)N3C[C@H]4CNC[C@H]4C3)c12.Cl.Cl. The zero-order valence-electron chi connectivity index (χ0n) is 15.7. The van der Waals surface area contributed by atoms with Gasteiger partial charge in [-0.05, 0) is 36.3 Å². The third-order valence-electron chi connectivity index (χ3n) is 5.65. The van der Waals surface area contributed by atoms with Gasteiger partial charge in [0, 0.05) is 33.2 Å². The van der Waals surface area contributed by atoms with Crippen molar-refractivity contribution in [2.75, 3.05) is 26.2 Å². The summed E-state index contributed by atoms with van der Waals surface area (Å²) in [5.74, 6) is 1.28. The Morgan fingerprint density at radius 1 is 1.25 bits per heavy atom. The fourth-order valence-corrected chi connectivity index (χ4v) is 5.04. The molecule has 2 aliphatic heterocycles. The molecule has 3 aromatic heterocycles. The van der Waals surface area contributed by atoms with Gasteiger partial charge in [0.05, 0.1) is 27.2 Å². The quantitative estimate of drug-likeness (QED) is 0.665. The molecule has 2 atom stereocenters. The highest BCUT2D eigenvalue weighted by Crippen LogP contribution is 2.32. The fourth-order valence-electron chi connectivity index (χ4n) is 4.36. The number of pyridine rings is 1. The first-order valence-electron chi connectivity index (χ1n) is 9.00. The van der Waals surface area contributed by atoms with Gasteiger partial charge in [0.1, 0.15) is 0 Å². The van der Waals surface area contributed by atoms with Crippen LogP contribution in [0.25, 0.3) is 21.6 Å². The lowest BCUT2D eigenvalue weighted by molar-refractivity contribution is 0.0783. The molecule has 2 saturated heterocycles. The number of nitrogens with one attached hydrogen (secondary N) is 1. The van der Waals surface area contributed by atoms with Crippen molar-refractivity contribution >= 4 is 53.1 Å². The highest BCUT2D eigenvalue weighted by atomic mass is 35.5. The van der Waals surface area contributed by atoms with Crippen molar-refractivity contribution in [3.8, 4) is 10.6 Å². The van der Waals surface area contributed by atoms with Gasteiger partial charge in [0.2, 0.25) is 0 Å². The Morgan fingerprint density at radius 3 is 2.61 bits per heavy atom. The van der Waals surface area contributed by atoms with Gasteiger partial charge in [-0.1, -0.05) is 6.07 Å². The number of carbonyl (C=O) groups excluding carboxylic acids is 1. The predicted octanol–water partition coefficient (Wildman–Crippen LogP) is 3.14. The number of halogens is 2. The van der Waals surface area contributed by atoms with Gasteiger partial charge in [-0.3, -0.25) is 9.48 Å². The van der Waals surface area contributed by atoms with Crippen molar-refractivity contribution in [1.82, 2.24) is 25.0 Å². The lowest BCUT2D eigenvalue weighted by Gasteiger charge is -2.18. The average Bonchev–Trinajstić information content (AvgIpc) is 3.38. The molecule has 2 aliphatic rings. The molecule has 0 radical (unpaired) electrons. The van der Waals surface area contributed by atoms with Crippen molar-refractivity contribution in [2.45, 2.75) is 6.92 Å². The summed E-state index contributed by atoms with van der Waals surface area (Å²) < 4.78 is 1.78. The minimum atomic E-state index is 0. The molecule has 1 amide bonds. The number of aromatic nitrogens is 3. The van der Waals surface area contributed by atoms with Crippen molar-refractivity contribution in [1.29, 1.82) is 0 Å². The number of carbonyl (C=O) groups is 1. The molecule has 5 rings (SSSR count). The van der Waals surface area contributed by atoms with Gasteiger partial charge >= 0.3 is 0 Å². The van der Waals surface area contributed by atoms with E-state index < -0.39 is 0 Å². The zero-order valence-corrected chi connectivity index (χ0v) is 18.2. The summed E-state index contributed by atoms with van der Waals surface area (Å²) >= 11 is 1.64. The number of hydrogen-bond acceptors (Lipinski definition) is 5. The summed E-state index contributed by atoms with van der Waals surface area (Å²) in [5.41, 5.74) is 3.21. The van der Waals surface area contributed by atoms with Crippen LogP contribution in [-0.2, 0) is 7.05 Å². The van der Waals surface area contributed by atoms with Gasteiger partial charge < -0.3 is 10.2 Å². The highest BCUT2D eigenvalue weighted by molar-refractivity contribution is 7.13. The van der Waals surface area contributed by atoms with E-state index in [0.29, 0.717) is 11.8 Å². The first-order chi connectivity index (χ1) is 12.6. The molecule has 1 N–H and O–H groups in total. The molecule has 0 spiro atoms. The second kappa shape index (κ2) is 7.99. The van der Waals surface area contributed by atoms with Gasteiger partial charge in [-0.2, -0.15) is 5.10 Å². The molecule has 2 fully saturated rings. The molecule has 5 heterocycles. The van der Waals surface area contributed by atoms with Gasteiger partial charge in [0.25, 0.3) is 5.91 Å². The third-order valence-corrected chi connectivity index (χ3v) is 6.54. The van der Waals surface area contributed by atoms with Crippen LogP contribution in [0.15, 0.2) is 23.6 Å². The van der Waals surface area contributed by atoms with E-state index >= 15 is 0 Å². The molecule has 0 bridgehead atoms. The topological polar surface area (TPSA) is 63.1 Å². The highest BCUT2D eigenvalue weighted by Gasteiger charge is 2.39. The maximum Gasteiger partial charge on any atom is 0.254 e. The molecule has 6 nitrogen and oxygen atoms in total. The zero-order chi connectivity index (χ0) is 17.8. The van der Waals surface area contributed by atoms with Crippen LogP contribution in [0.2, 0.25) is 0 Å². The number of likely N-dealkylation sites (tertiary alicyclic amines) is 1. The van der Waals surface area contributed by atoms with Gasteiger partial charge in [0.15, 0.2) is 5.65 Å². The second-order valence-electron chi connectivity index (χ2n) is 7.33. The molecule has 0 unspecified atom stereocenters. The van der Waals surface area contributed by atoms with E-state index in [1.54, 1.807) is 16.0 Å². The summed E-state index contributed by atoms with van der Waals surface area (Å²) in [7, 11) is 1.89. The Hall–Kier alpha value is -1.67. The lowest BCUT2D eigenvalue weighted by atomic mass is 10.0. The van der Waals surface area contributed by atoms with Gasteiger partial charge in [-0.15, -0.1) is 36.2 Å². The minimum Gasteiger partial charge on any atom is -0.338 e. The standard InChI is InChI=1S/C19H21N5OS.2ClH/c1-11-17-14(19(25)24-9-12-7-20-8-13(12)10-24)6-15(16-4-3-5-26-16)21-18(17)23(2)22-11;;/h3-6,12-13,20H,7-10H2,1-2H3;2*1H/t12-,13+;;. The monoisotopic (exact) mass is 439 g/mol. The second-order valence-corrected chi connectivity index (χ2v) is 8.28. The van der Waals surface area contributed by atoms with Crippen molar-refractivity contribution in [2.24, 2.45) is 18.9 Å². The molecule has 0 aromatic carbocycles. The van der Waals surface area contributed by atoms with Crippen molar-refractivity contribution in [3.63, 3.8) is 0 Å². The Labute approximate surface area is 180 Å². The smallest absolute Gasteiger partial charge is 0.254 e. The van der Waals surface area contributed by atoms with Crippen LogP contribution >= 0.6 is 36.2 Å². The number of rotatable bonds is 2. The number of fused-ring (bicyclic) bond motifs is 2. The number of amides is 1. The summed E-state index contributed by atoms with van der Waals surface area (Å²) in [6, 6.07) is 6.01. The Bertz CT molecular complexity index is 992. The number of thiophene rings is 1. The van der Waals surface area contributed by atoms with E-state index in [1.165, 1.54) is 0 Å². The van der Waals surface area contributed by atoms with E-state index in [4.69, 9.17) is 4.98 Å². The minimum absolute atomic E-state index is 0. The first-order valence-corrected chi connectivity index (χ1v) is 9.88. The summed E-state index contributed by atoms with van der Waals surface area (Å²) in [6.07, 6.45) is 0. The Balaban J connectivity index is 0.00000112. The lowest BCUT2D eigenvalue weighted by Crippen LogP contribution is -2.32. The van der Waals surface area contributed by atoms with Gasteiger partial charge in [-0.25, -0.2) is 4.98 Å². The molecule has 150 valence electrons. The third kappa shape index (κ3) is 3.30. The molecular formula is C19H23Cl2N5OS. The summed E-state index contributed by atoms with van der Waals surface area (Å²) in [4.78, 5) is 21.3. The Morgan fingerprint density at radius 2 is 1.96 bits per heavy atom. The van der Waals surface area contributed by atoms with Crippen LogP contribution in [0, 0.1) is 18.8 Å². The maximum atomic E-state index is 13.4. The average molecular weight is 440 g/mol. The first kappa shape index (κ1) is 21.0. The van der Waals surface area contributed by atoms with Crippen LogP contribution in [-0.4, -0.2) is 51.8 Å². The number of aryl methyl sites for hydroxylation is 2. The number of hydrogen-bond donors (Lipinski definition) is 1. The fraction of sp³-hybridized carbons (Fsp3) is 0.421. The van der Waals surface area contributed by atoms with E-state index in [0.717, 1.165) is 59.0 Å². The van der Waals surface area contributed by atoms with E-state index in [9.17, 15) is 4.79 Å². The maximum absolute atomic E-state index is 13.4. The predicted molar refractivity (Wildman–Crippen MR) is 117 cm³/mol. The molecule has 9 heteroatoms. The van der Waals surface area contributed by atoms with Crippen LogP contribution < -0.4 is 5.32 Å². The molecule has 3 aromatic rings. The van der Waals surface area contributed by atoms with Crippen molar-refractivity contribution < 1.29 is 4.79 Å². The van der Waals surface area contributed by atoms with Crippen LogP contribution in [0.4, 0.5) is 0 Å². The van der Waals surface area contributed by atoms with Crippen LogP contribution in [0.5, 0.6) is 0 Å². The largest absolute Gasteiger partial charge is 0.338 e. The van der Waals surface area contributed by atoms with E-state index in [-0.39, 0.29) is 30.7 Å². The Kier molecular flexibility index (Phi) is 6.00. The summed E-state index contributed by atoms with van der Waals surface area (Å²) in [6.45, 7) is 5.68.